The van der Waals surface area contributed by atoms with Crippen LogP contribution in [-0.2, 0) is 13.1 Å². The third-order valence-corrected chi connectivity index (χ3v) is 6.38. The SMILES string of the molecule is c1ccc(-c2nc3ccccc3n2CCCCn2c3ccccc3c3ccccc32)cc1. The molecule has 0 saturated heterocycles. The molecule has 0 radical (unpaired) electrons. The number of nitrogens with zero attached hydrogens (tertiary/aromatic N) is 3. The van der Waals surface area contributed by atoms with Gasteiger partial charge in [0.1, 0.15) is 5.82 Å². The number of hydrogen-bond acceptors (Lipinski definition) is 1. The van der Waals surface area contributed by atoms with Gasteiger partial charge in [0.05, 0.1) is 11.0 Å². The second-order valence-electron chi connectivity index (χ2n) is 8.33. The van der Waals surface area contributed by atoms with Crippen molar-refractivity contribution in [2.24, 2.45) is 0 Å². The second-order valence-corrected chi connectivity index (χ2v) is 8.33. The molecule has 6 rings (SSSR count). The first-order chi connectivity index (χ1) is 15.9. The van der Waals surface area contributed by atoms with Crippen LogP contribution in [0.15, 0.2) is 103 Å². The van der Waals surface area contributed by atoms with Crippen molar-refractivity contribution >= 4 is 32.8 Å². The summed E-state index contributed by atoms with van der Waals surface area (Å²) < 4.78 is 4.87. The summed E-state index contributed by atoms with van der Waals surface area (Å²) in [5, 5.41) is 2.69. The Balaban J connectivity index is 1.28. The van der Waals surface area contributed by atoms with E-state index in [-0.39, 0.29) is 0 Å². The molecule has 3 heteroatoms. The summed E-state index contributed by atoms with van der Waals surface area (Å²) in [5.74, 6) is 1.06. The summed E-state index contributed by atoms with van der Waals surface area (Å²) in [6.07, 6.45) is 2.21. The topological polar surface area (TPSA) is 22.8 Å². The molecule has 156 valence electrons. The molecule has 32 heavy (non-hydrogen) atoms. The van der Waals surface area contributed by atoms with E-state index in [1.807, 2.05) is 0 Å². The van der Waals surface area contributed by atoms with Gasteiger partial charge in [-0.05, 0) is 37.1 Å². The highest BCUT2D eigenvalue weighted by atomic mass is 15.1. The highest BCUT2D eigenvalue weighted by molar-refractivity contribution is 6.07. The fourth-order valence-corrected chi connectivity index (χ4v) is 4.89. The largest absolute Gasteiger partial charge is 0.340 e. The quantitative estimate of drug-likeness (QED) is 0.262. The number of para-hydroxylation sites is 4. The van der Waals surface area contributed by atoms with Crippen LogP contribution in [0, 0.1) is 0 Å². The Morgan fingerprint density at radius 1 is 0.500 bits per heavy atom. The smallest absolute Gasteiger partial charge is 0.141 e. The molecule has 0 N–H and O–H groups in total. The minimum atomic E-state index is 0.960. The van der Waals surface area contributed by atoms with Crippen LogP contribution in [0.25, 0.3) is 44.2 Å². The van der Waals surface area contributed by atoms with Gasteiger partial charge in [-0.15, -0.1) is 0 Å². The van der Waals surface area contributed by atoms with E-state index in [1.165, 1.54) is 32.9 Å². The van der Waals surface area contributed by atoms with Gasteiger partial charge in [-0.25, -0.2) is 4.98 Å². The third kappa shape index (κ3) is 3.18. The summed E-state index contributed by atoms with van der Waals surface area (Å²) in [6, 6.07) is 36.5. The van der Waals surface area contributed by atoms with Crippen molar-refractivity contribution in [1.29, 1.82) is 0 Å². The Labute approximate surface area is 187 Å². The molecule has 3 nitrogen and oxygen atoms in total. The van der Waals surface area contributed by atoms with Crippen molar-refractivity contribution in [1.82, 2.24) is 14.1 Å². The van der Waals surface area contributed by atoms with Crippen LogP contribution in [-0.4, -0.2) is 14.1 Å². The van der Waals surface area contributed by atoms with Crippen molar-refractivity contribution in [3.05, 3.63) is 103 Å². The first-order valence-electron chi connectivity index (χ1n) is 11.4. The van der Waals surface area contributed by atoms with Crippen LogP contribution in [0.3, 0.4) is 0 Å². The molecule has 0 amide bonds. The van der Waals surface area contributed by atoms with Crippen molar-refractivity contribution in [3.63, 3.8) is 0 Å². The number of aryl methyl sites for hydroxylation is 2. The van der Waals surface area contributed by atoms with E-state index in [2.05, 4.69) is 112 Å². The molecule has 0 aliphatic rings. The van der Waals surface area contributed by atoms with Gasteiger partial charge in [-0.2, -0.15) is 0 Å². The average molecular weight is 416 g/mol. The molecule has 2 aromatic heterocycles. The molecule has 0 unspecified atom stereocenters. The molecule has 4 aromatic carbocycles. The van der Waals surface area contributed by atoms with E-state index in [1.54, 1.807) is 0 Å². The Morgan fingerprint density at radius 3 is 1.72 bits per heavy atom. The molecule has 0 atom stereocenters. The monoisotopic (exact) mass is 415 g/mol. The van der Waals surface area contributed by atoms with Gasteiger partial charge < -0.3 is 9.13 Å². The molecule has 6 aromatic rings. The molecular weight excluding hydrogens is 390 g/mol. The predicted octanol–water partition coefficient (Wildman–Crippen LogP) is 7.29. The summed E-state index contributed by atoms with van der Waals surface area (Å²) in [4.78, 5) is 4.95. The first kappa shape index (κ1) is 18.9. The van der Waals surface area contributed by atoms with E-state index >= 15 is 0 Å². The van der Waals surface area contributed by atoms with Crippen LogP contribution in [0.5, 0.6) is 0 Å². The van der Waals surface area contributed by atoms with Gasteiger partial charge >= 0.3 is 0 Å². The van der Waals surface area contributed by atoms with Crippen LogP contribution in [0.4, 0.5) is 0 Å². The second kappa shape index (κ2) is 8.01. The van der Waals surface area contributed by atoms with E-state index in [0.717, 1.165) is 37.3 Å². The Bertz CT molecular complexity index is 1470. The highest BCUT2D eigenvalue weighted by Gasteiger charge is 2.13. The van der Waals surface area contributed by atoms with E-state index in [4.69, 9.17) is 4.98 Å². The third-order valence-electron chi connectivity index (χ3n) is 6.38. The van der Waals surface area contributed by atoms with Crippen LogP contribution in [0.2, 0.25) is 0 Å². The molecule has 0 bridgehead atoms. The van der Waals surface area contributed by atoms with Crippen molar-refractivity contribution in [2.75, 3.05) is 0 Å². The van der Waals surface area contributed by atoms with E-state index in [0.29, 0.717) is 0 Å². The van der Waals surface area contributed by atoms with Gasteiger partial charge in [-0.3, -0.25) is 0 Å². The molecule has 0 fully saturated rings. The number of aromatic nitrogens is 3. The minimum Gasteiger partial charge on any atom is -0.340 e. The maximum Gasteiger partial charge on any atom is 0.141 e. The Morgan fingerprint density at radius 2 is 1.03 bits per heavy atom. The number of unbranched alkanes of at least 4 members (excludes halogenated alkanes) is 1. The van der Waals surface area contributed by atoms with Crippen LogP contribution in [0.1, 0.15) is 12.8 Å². The van der Waals surface area contributed by atoms with Gasteiger partial charge in [0, 0.05) is 40.5 Å². The van der Waals surface area contributed by atoms with Crippen LogP contribution < -0.4 is 0 Å². The molecule has 0 aliphatic heterocycles. The zero-order valence-electron chi connectivity index (χ0n) is 18.0. The minimum absolute atomic E-state index is 0.960. The van der Waals surface area contributed by atoms with E-state index < -0.39 is 0 Å². The molecule has 0 saturated carbocycles. The fourth-order valence-electron chi connectivity index (χ4n) is 4.89. The summed E-state index contributed by atoms with van der Waals surface area (Å²) in [6.45, 7) is 1.98. The summed E-state index contributed by atoms with van der Waals surface area (Å²) in [7, 11) is 0. The normalized spacial score (nSPS) is 11.6. The zero-order chi connectivity index (χ0) is 21.3. The number of rotatable bonds is 6. The fraction of sp³-hybridized carbons (Fsp3) is 0.138. The van der Waals surface area contributed by atoms with Gasteiger partial charge in [0.15, 0.2) is 0 Å². The van der Waals surface area contributed by atoms with Crippen LogP contribution >= 0.6 is 0 Å². The van der Waals surface area contributed by atoms with Gasteiger partial charge in [0.25, 0.3) is 0 Å². The van der Waals surface area contributed by atoms with Crippen molar-refractivity contribution < 1.29 is 0 Å². The molecular formula is C29H25N3. The highest BCUT2D eigenvalue weighted by Crippen LogP contribution is 2.29. The maximum absolute atomic E-state index is 4.95. The molecule has 2 heterocycles. The molecule has 0 spiro atoms. The maximum atomic E-state index is 4.95. The first-order valence-corrected chi connectivity index (χ1v) is 11.4. The molecule has 0 aliphatic carbocycles. The number of imidazole rings is 1. The van der Waals surface area contributed by atoms with Crippen molar-refractivity contribution in [3.8, 4) is 11.4 Å². The average Bonchev–Trinajstić information content (AvgIpc) is 3.39. The van der Waals surface area contributed by atoms with Gasteiger partial charge in [0.2, 0.25) is 0 Å². The predicted molar refractivity (Wildman–Crippen MR) is 134 cm³/mol. The number of fused-ring (bicyclic) bond motifs is 4. The summed E-state index contributed by atoms with van der Waals surface area (Å²) in [5.41, 5.74) is 6.10. The Hall–Kier alpha value is -3.85. The summed E-state index contributed by atoms with van der Waals surface area (Å²) >= 11 is 0. The number of benzene rings is 4. The standard InChI is InChI=1S/C29H25N3/c1-2-12-22(13-3-1)29-30-25-16-6-9-19-28(25)32(29)21-11-10-20-31-26-17-7-4-14-23(26)24-15-5-8-18-27(24)31/h1-9,12-19H,10-11,20-21H2. The zero-order valence-corrected chi connectivity index (χ0v) is 18.0. The lowest BCUT2D eigenvalue weighted by Gasteiger charge is -2.11. The Kier molecular flexibility index (Phi) is 4.73. The lowest BCUT2D eigenvalue weighted by molar-refractivity contribution is 0.577. The lowest BCUT2D eigenvalue weighted by Crippen LogP contribution is -2.03. The van der Waals surface area contributed by atoms with Gasteiger partial charge in [-0.1, -0.05) is 78.9 Å². The lowest BCUT2D eigenvalue weighted by atomic mass is 10.2. The number of hydrogen-bond donors (Lipinski definition) is 0. The van der Waals surface area contributed by atoms with E-state index in [9.17, 15) is 0 Å². The van der Waals surface area contributed by atoms with Crippen molar-refractivity contribution in [2.45, 2.75) is 25.9 Å².